The van der Waals surface area contributed by atoms with Crippen LogP contribution < -0.4 is 21.1 Å². The molecule has 0 aliphatic carbocycles. The smallest absolute Gasteiger partial charge is 0.251 e. The molecule has 3 nitrogen and oxygen atoms in total. The monoisotopic (exact) mass is 662 g/mol. The molecule has 0 spiro atoms. The van der Waals surface area contributed by atoms with Crippen molar-refractivity contribution in [2.45, 2.75) is 59.3 Å². The highest BCUT2D eigenvalue weighted by atomic mass is 16.5. The molecule has 1 aliphatic heterocycles. The Morgan fingerprint density at radius 2 is 1.00 bits per heavy atom. The highest BCUT2D eigenvalue weighted by molar-refractivity contribution is 6.97. The van der Waals surface area contributed by atoms with Gasteiger partial charge in [-0.15, -0.1) is 0 Å². The van der Waals surface area contributed by atoms with E-state index in [0.29, 0.717) is 17.8 Å². The second-order valence-corrected chi connectivity index (χ2v) is 15.1. The lowest BCUT2D eigenvalue weighted by Gasteiger charge is -2.32. The van der Waals surface area contributed by atoms with Gasteiger partial charge in [-0.3, -0.25) is 0 Å². The number of para-hydroxylation sites is 4. The van der Waals surface area contributed by atoms with Crippen molar-refractivity contribution in [3.63, 3.8) is 0 Å². The maximum absolute atomic E-state index is 6.90. The van der Waals surface area contributed by atoms with Crippen molar-refractivity contribution in [3.05, 3.63) is 150 Å². The molecule has 0 saturated carbocycles. The summed E-state index contributed by atoms with van der Waals surface area (Å²) in [4.78, 5) is 0. The number of aromatic nitrogens is 2. The van der Waals surface area contributed by atoms with Gasteiger partial charge >= 0.3 is 0 Å². The van der Waals surface area contributed by atoms with Crippen LogP contribution >= 0.6 is 0 Å². The van der Waals surface area contributed by atoms with Crippen molar-refractivity contribution in [2.24, 2.45) is 0 Å². The molecule has 0 fully saturated rings. The highest BCUT2D eigenvalue weighted by Gasteiger charge is 2.37. The van der Waals surface area contributed by atoms with E-state index in [1.165, 1.54) is 65.9 Å². The molecule has 1 aliphatic rings. The predicted octanol–water partition coefficient (Wildman–Crippen LogP) is 10.7. The van der Waals surface area contributed by atoms with Gasteiger partial charge in [-0.2, -0.15) is 0 Å². The summed E-state index contributed by atoms with van der Waals surface area (Å²) in [7, 11) is 0. The topological polar surface area (TPSA) is 19.1 Å². The number of fused-ring (bicyclic) bond motifs is 7. The lowest BCUT2D eigenvalue weighted by atomic mass is 9.34. The zero-order valence-electron chi connectivity index (χ0n) is 30.3. The summed E-state index contributed by atoms with van der Waals surface area (Å²) in [5.74, 6) is 3.09. The van der Waals surface area contributed by atoms with Crippen LogP contribution in [0.1, 0.15) is 76.0 Å². The van der Waals surface area contributed by atoms with Gasteiger partial charge in [-0.05, 0) is 81.8 Å². The molecule has 4 heteroatoms. The van der Waals surface area contributed by atoms with E-state index in [2.05, 4.69) is 184 Å². The summed E-state index contributed by atoms with van der Waals surface area (Å²) >= 11 is 0. The quantitative estimate of drug-likeness (QED) is 0.162. The molecule has 51 heavy (non-hydrogen) atoms. The van der Waals surface area contributed by atoms with E-state index in [9.17, 15) is 0 Å². The molecule has 2 aromatic heterocycles. The SMILES string of the molecule is CC(C)c1cc(C(C)C)c(B2c3ccccc3Oc3cc(-n4c5ccccc5c5c4c4ccccc4n5-c4ccccc4)ccc32)c(C(C)C)c1. The van der Waals surface area contributed by atoms with Crippen molar-refractivity contribution in [1.29, 1.82) is 0 Å². The van der Waals surface area contributed by atoms with Crippen LogP contribution in [0.3, 0.4) is 0 Å². The van der Waals surface area contributed by atoms with Gasteiger partial charge in [-0.25, -0.2) is 0 Å². The summed E-state index contributed by atoms with van der Waals surface area (Å²) in [6, 6.07) is 48.9. The molecule has 6 aromatic carbocycles. The van der Waals surface area contributed by atoms with Crippen molar-refractivity contribution in [1.82, 2.24) is 9.13 Å². The van der Waals surface area contributed by atoms with Gasteiger partial charge < -0.3 is 13.9 Å². The van der Waals surface area contributed by atoms with E-state index >= 15 is 0 Å². The second-order valence-electron chi connectivity index (χ2n) is 15.1. The largest absolute Gasteiger partial charge is 0.458 e. The van der Waals surface area contributed by atoms with Crippen LogP contribution in [-0.4, -0.2) is 15.8 Å². The Morgan fingerprint density at radius 3 is 1.61 bits per heavy atom. The Morgan fingerprint density at radius 1 is 0.471 bits per heavy atom. The molecule has 250 valence electrons. The molecule has 0 atom stereocenters. The molecule has 0 saturated heterocycles. The molecular weight excluding hydrogens is 619 g/mol. The molecule has 0 N–H and O–H groups in total. The van der Waals surface area contributed by atoms with E-state index in [1.54, 1.807) is 0 Å². The van der Waals surface area contributed by atoms with Gasteiger partial charge in [-0.1, -0.05) is 138 Å². The van der Waals surface area contributed by atoms with E-state index < -0.39 is 0 Å². The minimum Gasteiger partial charge on any atom is -0.458 e. The molecule has 0 unspecified atom stereocenters. The van der Waals surface area contributed by atoms with Gasteiger partial charge in [0, 0.05) is 28.2 Å². The lowest BCUT2D eigenvalue weighted by Crippen LogP contribution is -2.57. The maximum atomic E-state index is 6.90. The fourth-order valence-electron chi connectivity index (χ4n) is 8.54. The van der Waals surface area contributed by atoms with Gasteiger partial charge in [0.25, 0.3) is 6.71 Å². The zero-order chi connectivity index (χ0) is 35.0. The first kappa shape index (κ1) is 31.5. The summed E-state index contributed by atoms with van der Waals surface area (Å²) in [5, 5.41) is 2.45. The standard InChI is InChI=1S/C47H43BN2O/c1-29(2)32-26-37(30(3)4)45(38(27-32)31(5)6)48-39-20-12-15-23-43(39)51-44-28-34(24-25-40(44)48)50-42-22-14-11-19-36(42)46-47(50)35-18-10-13-21-41(35)49(46)33-16-8-7-9-17-33/h7-31H,1-6H3. The number of hydrogen-bond donors (Lipinski definition) is 0. The minimum absolute atomic E-state index is 0.0661. The van der Waals surface area contributed by atoms with Crippen LogP contribution in [0.25, 0.3) is 44.2 Å². The van der Waals surface area contributed by atoms with Crippen LogP contribution in [0.2, 0.25) is 0 Å². The van der Waals surface area contributed by atoms with Crippen LogP contribution in [0.4, 0.5) is 0 Å². The summed E-state index contributed by atoms with van der Waals surface area (Å²) in [5.41, 5.74) is 15.2. The summed E-state index contributed by atoms with van der Waals surface area (Å²) in [6.07, 6.45) is 0. The Labute approximate surface area is 301 Å². The average Bonchev–Trinajstić information content (AvgIpc) is 3.66. The molecule has 8 aromatic rings. The summed E-state index contributed by atoms with van der Waals surface area (Å²) in [6.45, 7) is 14.1. The Kier molecular flexibility index (Phi) is 7.47. The number of ether oxygens (including phenoxy) is 1. The normalized spacial score (nSPS) is 12.8. The first-order chi connectivity index (χ1) is 24.8. The first-order valence-corrected chi connectivity index (χ1v) is 18.5. The number of hydrogen-bond acceptors (Lipinski definition) is 1. The fraction of sp³-hybridized carbons (Fsp3) is 0.191. The maximum Gasteiger partial charge on any atom is 0.251 e. The van der Waals surface area contributed by atoms with Gasteiger partial charge in [0.1, 0.15) is 11.5 Å². The van der Waals surface area contributed by atoms with E-state index in [0.717, 1.165) is 22.9 Å². The van der Waals surface area contributed by atoms with E-state index in [-0.39, 0.29) is 6.71 Å². The van der Waals surface area contributed by atoms with Crippen molar-refractivity contribution >= 4 is 55.9 Å². The van der Waals surface area contributed by atoms with Gasteiger partial charge in [0.2, 0.25) is 0 Å². The van der Waals surface area contributed by atoms with Crippen LogP contribution in [0.5, 0.6) is 11.5 Å². The molecule has 0 radical (unpaired) electrons. The van der Waals surface area contributed by atoms with Crippen LogP contribution in [0, 0.1) is 0 Å². The van der Waals surface area contributed by atoms with E-state index in [4.69, 9.17) is 4.74 Å². The van der Waals surface area contributed by atoms with Crippen molar-refractivity contribution in [3.8, 4) is 22.9 Å². The number of rotatable bonds is 6. The third-order valence-corrected chi connectivity index (χ3v) is 11.0. The Balaban J connectivity index is 1.32. The number of benzene rings is 6. The number of nitrogens with zero attached hydrogens (tertiary/aromatic N) is 2. The summed E-state index contributed by atoms with van der Waals surface area (Å²) < 4.78 is 11.8. The first-order valence-electron chi connectivity index (χ1n) is 18.5. The zero-order valence-corrected chi connectivity index (χ0v) is 30.3. The fourth-order valence-corrected chi connectivity index (χ4v) is 8.54. The third-order valence-electron chi connectivity index (χ3n) is 11.0. The van der Waals surface area contributed by atoms with Gasteiger partial charge in [0.15, 0.2) is 0 Å². The predicted molar refractivity (Wildman–Crippen MR) is 217 cm³/mol. The second kappa shape index (κ2) is 12.1. The third kappa shape index (κ3) is 4.87. The molecule has 0 bridgehead atoms. The van der Waals surface area contributed by atoms with Crippen LogP contribution in [0.15, 0.2) is 133 Å². The highest BCUT2D eigenvalue weighted by Crippen LogP contribution is 2.41. The molecule has 3 heterocycles. The molecule has 9 rings (SSSR count). The van der Waals surface area contributed by atoms with Crippen LogP contribution in [-0.2, 0) is 0 Å². The van der Waals surface area contributed by atoms with Crippen molar-refractivity contribution < 1.29 is 4.74 Å². The minimum atomic E-state index is 0.0661. The Bertz CT molecular complexity index is 2570. The molecule has 0 amide bonds. The molecular formula is C47H43BN2O. The lowest BCUT2D eigenvalue weighted by molar-refractivity contribution is 0.487. The van der Waals surface area contributed by atoms with E-state index in [1.807, 2.05) is 0 Å². The van der Waals surface area contributed by atoms with Crippen molar-refractivity contribution in [2.75, 3.05) is 0 Å². The Hall–Kier alpha value is -5.48. The van der Waals surface area contributed by atoms with Gasteiger partial charge in [0.05, 0.1) is 22.1 Å². The average molecular weight is 663 g/mol.